The second-order valence-corrected chi connectivity index (χ2v) is 6.97. The molecule has 0 bridgehead atoms. The van der Waals surface area contributed by atoms with E-state index in [-0.39, 0.29) is 24.6 Å². The summed E-state index contributed by atoms with van der Waals surface area (Å²) in [6.07, 6.45) is 2.67. The third-order valence-electron chi connectivity index (χ3n) is 3.00. The lowest BCUT2D eigenvalue weighted by Crippen LogP contribution is -2.26. The number of hydrogen-bond donors (Lipinski definition) is 1. The summed E-state index contributed by atoms with van der Waals surface area (Å²) in [7, 11) is -2.15. The second-order valence-electron chi connectivity index (χ2n) is 4.52. The minimum atomic E-state index is -3.64. The molecule has 0 aliphatic heterocycles. The summed E-state index contributed by atoms with van der Waals surface area (Å²) in [6.45, 7) is 0.327. The smallest absolute Gasteiger partial charge is 0.246 e. The van der Waals surface area contributed by atoms with Crippen LogP contribution in [0.1, 0.15) is 5.56 Å². The number of rotatable bonds is 6. The van der Waals surface area contributed by atoms with Crippen LogP contribution >= 0.6 is 11.6 Å². The van der Waals surface area contributed by atoms with E-state index in [2.05, 4.69) is 5.10 Å². The molecule has 1 aromatic carbocycles. The molecule has 21 heavy (non-hydrogen) atoms. The first-order valence-corrected chi connectivity index (χ1v) is 8.10. The van der Waals surface area contributed by atoms with Gasteiger partial charge in [-0.25, -0.2) is 8.42 Å². The van der Waals surface area contributed by atoms with Gasteiger partial charge in [0, 0.05) is 24.8 Å². The van der Waals surface area contributed by atoms with Crippen molar-refractivity contribution in [1.82, 2.24) is 14.1 Å². The van der Waals surface area contributed by atoms with Gasteiger partial charge in [0.25, 0.3) is 0 Å². The predicted octanol–water partition coefficient (Wildman–Crippen LogP) is 1.35. The second kappa shape index (κ2) is 6.57. The summed E-state index contributed by atoms with van der Waals surface area (Å²) in [6, 6.07) is 7.10. The molecule has 2 aromatic rings. The number of hydrogen-bond acceptors (Lipinski definition) is 4. The highest BCUT2D eigenvalue weighted by Crippen LogP contribution is 2.20. The molecular weight excluding hydrogens is 314 g/mol. The van der Waals surface area contributed by atoms with Crippen molar-refractivity contribution < 1.29 is 13.5 Å². The van der Waals surface area contributed by atoms with Gasteiger partial charge in [0.2, 0.25) is 10.0 Å². The summed E-state index contributed by atoms with van der Waals surface area (Å²) in [5.41, 5.74) is 0.730. The largest absolute Gasteiger partial charge is 0.394 e. The minimum Gasteiger partial charge on any atom is -0.394 e. The number of nitrogens with zero attached hydrogens (tertiary/aromatic N) is 3. The zero-order chi connectivity index (χ0) is 15.5. The molecule has 2 rings (SSSR count). The van der Waals surface area contributed by atoms with Gasteiger partial charge in [0.15, 0.2) is 0 Å². The molecule has 0 aliphatic carbocycles. The van der Waals surface area contributed by atoms with Crippen LogP contribution in [-0.4, -0.2) is 41.3 Å². The highest BCUT2D eigenvalue weighted by Gasteiger charge is 2.23. The fraction of sp³-hybridized carbons (Fsp3) is 0.308. The molecule has 0 unspecified atom stereocenters. The van der Waals surface area contributed by atoms with Gasteiger partial charge < -0.3 is 5.11 Å². The number of aliphatic hydroxyl groups is 1. The highest BCUT2D eigenvalue weighted by molar-refractivity contribution is 7.89. The van der Waals surface area contributed by atoms with E-state index in [1.165, 1.54) is 28.4 Å². The predicted molar refractivity (Wildman–Crippen MR) is 79.4 cm³/mol. The Balaban J connectivity index is 2.20. The van der Waals surface area contributed by atoms with E-state index in [0.717, 1.165) is 5.56 Å². The van der Waals surface area contributed by atoms with Gasteiger partial charge in [-0.15, -0.1) is 0 Å². The molecular formula is C13H16ClN3O3S. The quantitative estimate of drug-likeness (QED) is 0.868. The number of benzene rings is 1. The van der Waals surface area contributed by atoms with Crippen molar-refractivity contribution in [3.05, 3.63) is 47.2 Å². The monoisotopic (exact) mass is 329 g/mol. The zero-order valence-electron chi connectivity index (χ0n) is 11.5. The molecule has 0 saturated carbocycles. The molecule has 8 heteroatoms. The maximum Gasteiger partial charge on any atom is 0.246 e. The van der Waals surface area contributed by atoms with E-state index in [1.54, 1.807) is 24.3 Å². The molecule has 0 fully saturated rings. The lowest BCUT2D eigenvalue weighted by atomic mass is 10.2. The van der Waals surface area contributed by atoms with E-state index < -0.39 is 10.0 Å². The number of halogens is 1. The van der Waals surface area contributed by atoms with E-state index in [4.69, 9.17) is 16.7 Å². The summed E-state index contributed by atoms with van der Waals surface area (Å²) >= 11 is 6.04. The van der Waals surface area contributed by atoms with E-state index in [1.807, 2.05) is 0 Å². The van der Waals surface area contributed by atoms with Gasteiger partial charge in [0.1, 0.15) is 4.90 Å². The molecule has 1 aromatic heterocycles. The number of sulfonamides is 1. The van der Waals surface area contributed by atoms with Crippen molar-refractivity contribution in [2.45, 2.75) is 18.0 Å². The summed E-state index contributed by atoms with van der Waals surface area (Å²) < 4.78 is 27.5. The molecule has 0 radical (unpaired) electrons. The van der Waals surface area contributed by atoms with E-state index in [9.17, 15) is 8.42 Å². The van der Waals surface area contributed by atoms with Crippen molar-refractivity contribution in [2.24, 2.45) is 0 Å². The maximum absolute atomic E-state index is 12.4. The Morgan fingerprint density at radius 2 is 2.10 bits per heavy atom. The van der Waals surface area contributed by atoms with Crippen molar-refractivity contribution in [3.8, 4) is 0 Å². The maximum atomic E-state index is 12.4. The Morgan fingerprint density at radius 3 is 2.76 bits per heavy atom. The Morgan fingerprint density at radius 1 is 1.38 bits per heavy atom. The van der Waals surface area contributed by atoms with Crippen LogP contribution < -0.4 is 0 Å². The zero-order valence-corrected chi connectivity index (χ0v) is 13.0. The molecule has 6 nitrogen and oxygen atoms in total. The number of aromatic nitrogens is 2. The minimum absolute atomic E-state index is 0.0884. The first-order chi connectivity index (χ1) is 9.95. The average Bonchev–Trinajstić information content (AvgIpc) is 2.91. The Labute approximate surface area is 128 Å². The summed E-state index contributed by atoms with van der Waals surface area (Å²) in [5, 5.41) is 13.3. The summed E-state index contributed by atoms with van der Waals surface area (Å²) in [5.74, 6) is 0. The van der Waals surface area contributed by atoms with Crippen LogP contribution in [0, 0.1) is 0 Å². The van der Waals surface area contributed by atoms with Crippen molar-refractivity contribution >= 4 is 21.6 Å². The molecule has 0 saturated heterocycles. The lowest BCUT2D eigenvalue weighted by Gasteiger charge is -2.16. The average molecular weight is 330 g/mol. The molecule has 0 amide bonds. The third kappa shape index (κ3) is 3.62. The van der Waals surface area contributed by atoms with Crippen LogP contribution in [0.5, 0.6) is 0 Å². The van der Waals surface area contributed by atoms with Gasteiger partial charge in [-0.2, -0.15) is 9.40 Å². The molecule has 114 valence electrons. The van der Waals surface area contributed by atoms with Gasteiger partial charge in [0.05, 0.1) is 19.3 Å². The lowest BCUT2D eigenvalue weighted by molar-refractivity contribution is 0.269. The SMILES string of the molecule is CN(Cc1ccccc1Cl)S(=O)(=O)c1cnn(CCO)c1. The molecule has 0 atom stereocenters. The fourth-order valence-corrected chi connectivity index (χ4v) is 3.13. The van der Waals surface area contributed by atoms with Crippen LogP contribution in [0.4, 0.5) is 0 Å². The normalized spacial score (nSPS) is 12.0. The standard InChI is InChI=1S/C13H16ClN3O3S/c1-16(9-11-4-2-3-5-13(11)14)21(19,20)12-8-15-17(10-12)6-7-18/h2-5,8,10,18H,6-7,9H2,1H3. The third-order valence-corrected chi connectivity index (χ3v) is 5.12. The van der Waals surface area contributed by atoms with Gasteiger partial charge in [-0.05, 0) is 11.6 Å². The molecule has 0 spiro atoms. The van der Waals surface area contributed by atoms with Crippen LogP contribution in [0.3, 0.4) is 0 Å². The summed E-state index contributed by atoms with van der Waals surface area (Å²) in [4.78, 5) is 0.0884. The van der Waals surface area contributed by atoms with Gasteiger partial charge >= 0.3 is 0 Å². The van der Waals surface area contributed by atoms with Gasteiger partial charge in [-0.1, -0.05) is 29.8 Å². The van der Waals surface area contributed by atoms with E-state index in [0.29, 0.717) is 5.02 Å². The van der Waals surface area contributed by atoms with Crippen LogP contribution in [0.2, 0.25) is 5.02 Å². The fourth-order valence-electron chi connectivity index (χ4n) is 1.83. The van der Waals surface area contributed by atoms with Crippen LogP contribution in [0.15, 0.2) is 41.6 Å². The molecule has 0 aliphatic rings. The van der Waals surface area contributed by atoms with Crippen molar-refractivity contribution in [1.29, 1.82) is 0 Å². The number of aliphatic hydroxyl groups excluding tert-OH is 1. The Kier molecular flexibility index (Phi) is 5.00. The van der Waals surface area contributed by atoms with E-state index >= 15 is 0 Å². The van der Waals surface area contributed by atoms with Gasteiger partial charge in [-0.3, -0.25) is 4.68 Å². The van der Waals surface area contributed by atoms with Crippen molar-refractivity contribution in [2.75, 3.05) is 13.7 Å². The topological polar surface area (TPSA) is 75.4 Å². The first kappa shape index (κ1) is 16.0. The van der Waals surface area contributed by atoms with Crippen LogP contribution in [-0.2, 0) is 23.1 Å². The molecule has 1 N–H and O–H groups in total. The Hall–Kier alpha value is -1.41. The van der Waals surface area contributed by atoms with Crippen LogP contribution in [0.25, 0.3) is 0 Å². The highest BCUT2D eigenvalue weighted by atomic mass is 35.5. The Bertz CT molecular complexity index is 715. The first-order valence-electron chi connectivity index (χ1n) is 6.28. The van der Waals surface area contributed by atoms with Crippen molar-refractivity contribution in [3.63, 3.8) is 0 Å². The molecule has 1 heterocycles.